The summed E-state index contributed by atoms with van der Waals surface area (Å²) in [4.78, 5) is 11.3. The van der Waals surface area contributed by atoms with E-state index in [1.807, 2.05) is 6.07 Å². The lowest BCUT2D eigenvalue weighted by atomic mass is 9.98. The molecule has 94 valence electrons. The highest BCUT2D eigenvalue weighted by atomic mass is 32.1. The van der Waals surface area contributed by atoms with Crippen molar-refractivity contribution in [2.24, 2.45) is 11.8 Å². The first-order valence-corrected chi connectivity index (χ1v) is 6.92. The summed E-state index contributed by atoms with van der Waals surface area (Å²) in [6, 6.07) is 3.42. The molecule has 0 saturated heterocycles. The van der Waals surface area contributed by atoms with E-state index in [9.17, 15) is 10.1 Å². The highest BCUT2D eigenvalue weighted by Gasteiger charge is 2.22. The van der Waals surface area contributed by atoms with Crippen LogP contribution in [0.5, 0.6) is 0 Å². The van der Waals surface area contributed by atoms with Crippen molar-refractivity contribution in [3.8, 4) is 0 Å². The number of rotatable bonds is 5. The molecule has 1 saturated carbocycles. The lowest BCUT2D eigenvalue weighted by Crippen LogP contribution is -2.23. The Morgan fingerprint density at radius 3 is 2.94 bits per heavy atom. The van der Waals surface area contributed by atoms with Crippen LogP contribution in [0, 0.1) is 22.0 Å². The molecule has 1 N–H and O–H groups in total. The zero-order valence-electron chi connectivity index (χ0n) is 10.0. The Morgan fingerprint density at radius 1 is 1.53 bits per heavy atom. The van der Waals surface area contributed by atoms with Crippen molar-refractivity contribution in [2.75, 3.05) is 6.54 Å². The topological polar surface area (TPSA) is 55.2 Å². The molecule has 0 spiro atoms. The third-order valence-electron chi connectivity index (χ3n) is 3.57. The van der Waals surface area contributed by atoms with Gasteiger partial charge < -0.3 is 5.32 Å². The van der Waals surface area contributed by atoms with Crippen molar-refractivity contribution >= 4 is 16.3 Å². The van der Waals surface area contributed by atoms with Gasteiger partial charge in [-0.1, -0.05) is 31.1 Å². The van der Waals surface area contributed by atoms with Crippen molar-refractivity contribution in [3.63, 3.8) is 0 Å². The van der Waals surface area contributed by atoms with Gasteiger partial charge in [0.1, 0.15) is 0 Å². The Hall–Kier alpha value is -0.940. The summed E-state index contributed by atoms with van der Waals surface area (Å²) in [6.45, 7) is 4.10. The number of nitrogens with zero attached hydrogens (tertiary/aromatic N) is 1. The van der Waals surface area contributed by atoms with Crippen LogP contribution < -0.4 is 5.32 Å². The minimum Gasteiger partial charge on any atom is -0.312 e. The SMILES string of the molecule is CC1CCCC1CNCc1ccc([N+](=O)[O-])s1. The molecule has 4 nitrogen and oxygen atoms in total. The van der Waals surface area contributed by atoms with Gasteiger partial charge in [-0.2, -0.15) is 0 Å². The normalized spacial score (nSPS) is 24.1. The summed E-state index contributed by atoms with van der Waals surface area (Å²) in [6.07, 6.45) is 4.01. The fraction of sp³-hybridized carbons (Fsp3) is 0.667. The maximum Gasteiger partial charge on any atom is 0.324 e. The molecule has 0 bridgehead atoms. The summed E-state index contributed by atoms with van der Waals surface area (Å²) in [7, 11) is 0. The minimum atomic E-state index is -0.326. The van der Waals surface area contributed by atoms with Crippen LogP contribution in [0.25, 0.3) is 0 Å². The standard InChI is InChI=1S/C12H18N2O2S/c1-9-3-2-4-10(9)7-13-8-11-5-6-12(17-11)14(15)16/h5-6,9-10,13H,2-4,7-8H2,1H3. The Morgan fingerprint density at radius 2 is 2.35 bits per heavy atom. The second-order valence-electron chi connectivity index (χ2n) is 4.80. The fourth-order valence-corrected chi connectivity index (χ4v) is 3.26. The van der Waals surface area contributed by atoms with Crippen LogP contribution in [-0.2, 0) is 6.54 Å². The molecule has 0 aliphatic heterocycles. The number of hydrogen-bond donors (Lipinski definition) is 1. The summed E-state index contributed by atoms with van der Waals surface area (Å²) in [5.41, 5.74) is 0. The van der Waals surface area contributed by atoms with Gasteiger partial charge in [0.05, 0.1) is 4.92 Å². The van der Waals surface area contributed by atoms with Gasteiger partial charge in [-0.3, -0.25) is 10.1 Å². The molecular weight excluding hydrogens is 236 g/mol. The maximum atomic E-state index is 10.5. The summed E-state index contributed by atoms with van der Waals surface area (Å²) in [5.74, 6) is 1.60. The van der Waals surface area contributed by atoms with Gasteiger partial charge in [-0.25, -0.2) is 0 Å². The quantitative estimate of drug-likeness (QED) is 0.648. The molecule has 2 rings (SSSR count). The number of nitro groups is 1. The van der Waals surface area contributed by atoms with Crippen LogP contribution in [-0.4, -0.2) is 11.5 Å². The summed E-state index contributed by atoms with van der Waals surface area (Å²) in [5, 5.41) is 14.2. The molecule has 1 aromatic rings. The van der Waals surface area contributed by atoms with E-state index in [4.69, 9.17) is 0 Å². The molecule has 1 aromatic heterocycles. The molecule has 1 heterocycles. The largest absolute Gasteiger partial charge is 0.324 e. The van der Waals surface area contributed by atoms with E-state index in [2.05, 4.69) is 12.2 Å². The Bertz CT molecular complexity index is 392. The van der Waals surface area contributed by atoms with E-state index in [-0.39, 0.29) is 9.92 Å². The highest BCUT2D eigenvalue weighted by Crippen LogP contribution is 2.30. The lowest BCUT2D eigenvalue weighted by molar-refractivity contribution is -0.380. The summed E-state index contributed by atoms with van der Waals surface area (Å²) < 4.78 is 0. The van der Waals surface area contributed by atoms with Crippen molar-refractivity contribution in [2.45, 2.75) is 32.7 Å². The molecule has 2 atom stereocenters. The Kier molecular flexibility index (Phi) is 4.12. The van der Waals surface area contributed by atoms with Crippen molar-refractivity contribution in [3.05, 3.63) is 27.1 Å². The second kappa shape index (κ2) is 5.60. The van der Waals surface area contributed by atoms with Gasteiger partial charge in [-0.15, -0.1) is 0 Å². The molecule has 5 heteroatoms. The number of thiophene rings is 1. The smallest absolute Gasteiger partial charge is 0.312 e. The van der Waals surface area contributed by atoms with Crippen LogP contribution in [0.1, 0.15) is 31.1 Å². The molecule has 17 heavy (non-hydrogen) atoms. The van der Waals surface area contributed by atoms with E-state index in [1.165, 1.54) is 30.6 Å². The first-order chi connectivity index (χ1) is 8.16. The molecule has 1 aliphatic rings. The molecule has 1 fully saturated rings. The van der Waals surface area contributed by atoms with Gasteiger partial charge in [0.15, 0.2) is 0 Å². The maximum absolute atomic E-state index is 10.5. The Labute approximate surface area is 105 Å². The monoisotopic (exact) mass is 254 g/mol. The molecule has 1 aliphatic carbocycles. The zero-order chi connectivity index (χ0) is 12.3. The van der Waals surface area contributed by atoms with Crippen LogP contribution in [0.4, 0.5) is 5.00 Å². The third kappa shape index (κ3) is 3.26. The van der Waals surface area contributed by atoms with Gasteiger partial charge in [0.2, 0.25) is 0 Å². The fourth-order valence-electron chi connectivity index (χ4n) is 2.47. The first kappa shape index (κ1) is 12.5. The van der Waals surface area contributed by atoms with Crippen LogP contribution >= 0.6 is 11.3 Å². The first-order valence-electron chi connectivity index (χ1n) is 6.10. The average molecular weight is 254 g/mol. The predicted octanol–water partition coefficient (Wildman–Crippen LogP) is 3.18. The lowest BCUT2D eigenvalue weighted by Gasteiger charge is -2.15. The van der Waals surface area contributed by atoms with Crippen LogP contribution in [0.15, 0.2) is 12.1 Å². The molecule has 0 aromatic carbocycles. The molecule has 0 radical (unpaired) electrons. The van der Waals surface area contributed by atoms with Crippen molar-refractivity contribution in [1.29, 1.82) is 0 Å². The van der Waals surface area contributed by atoms with E-state index in [0.717, 1.165) is 29.8 Å². The van der Waals surface area contributed by atoms with Crippen molar-refractivity contribution < 1.29 is 4.92 Å². The average Bonchev–Trinajstić information content (AvgIpc) is 2.89. The second-order valence-corrected chi connectivity index (χ2v) is 5.94. The van der Waals surface area contributed by atoms with Gasteiger partial charge in [0, 0.05) is 17.5 Å². The number of nitrogens with one attached hydrogen (secondary N) is 1. The predicted molar refractivity (Wildman–Crippen MR) is 69.2 cm³/mol. The van der Waals surface area contributed by atoms with Crippen LogP contribution in [0.2, 0.25) is 0 Å². The summed E-state index contributed by atoms with van der Waals surface area (Å²) >= 11 is 1.26. The Balaban J connectivity index is 1.76. The van der Waals surface area contributed by atoms with E-state index in [0.29, 0.717) is 0 Å². The minimum absolute atomic E-state index is 0.232. The molecular formula is C12H18N2O2S. The highest BCUT2D eigenvalue weighted by molar-refractivity contribution is 7.15. The van der Waals surface area contributed by atoms with Crippen molar-refractivity contribution in [1.82, 2.24) is 5.32 Å². The molecule has 0 amide bonds. The van der Waals surface area contributed by atoms with Gasteiger partial charge >= 0.3 is 5.00 Å². The molecule has 2 unspecified atom stereocenters. The van der Waals surface area contributed by atoms with Gasteiger partial charge in [0.25, 0.3) is 0 Å². The van der Waals surface area contributed by atoms with E-state index >= 15 is 0 Å². The zero-order valence-corrected chi connectivity index (χ0v) is 10.8. The van der Waals surface area contributed by atoms with Gasteiger partial charge in [-0.05, 0) is 30.9 Å². The number of hydrogen-bond acceptors (Lipinski definition) is 4. The third-order valence-corrected chi connectivity index (χ3v) is 4.61. The van der Waals surface area contributed by atoms with E-state index < -0.39 is 0 Å². The van der Waals surface area contributed by atoms with E-state index in [1.54, 1.807) is 6.07 Å². The van der Waals surface area contributed by atoms with Crippen LogP contribution in [0.3, 0.4) is 0 Å².